The van der Waals surface area contributed by atoms with Gasteiger partial charge in [0.1, 0.15) is 0 Å². The summed E-state index contributed by atoms with van der Waals surface area (Å²) in [6.07, 6.45) is 9.63. The number of nitrogens with zero attached hydrogens (tertiary/aromatic N) is 2. The third-order valence-electron chi connectivity index (χ3n) is 6.14. The van der Waals surface area contributed by atoms with Gasteiger partial charge in [0.25, 0.3) is 0 Å². The Hall–Kier alpha value is -1.01. The lowest BCUT2D eigenvalue weighted by molar-refractivity contribution is -0.182. The average Bonchev–Trinajstić information content (AvgIpc) is 2.66. The van der Waals surface area contributed by atoms with Gasteiger partial charge in [-0.3, -0.25) is 9.88 Å². The molecule has 4 rings (SSSR count). The average molecular weight is 360 g/mol. The van der Waals surface area contributed by atoms with Crippen molar-refractivity contribution in [2.45, 2.75) is 44.2 Å². The summed E-state index contributed by atoms with van der Waals surface area (Å²) in [5.41, 5.74) is 1.44. The Balaban J connectivity index is 1.14. The van der Waals surface area contributed by atoms with Gasteiger partial charge in [0.15, 0.2) is 0 Å². The van der Waals surface area contributed by atoms with E-state index in [0.717, 1.165) is 71.4 Å². The van der Waals surface area contributed by atoms with Crippen molar-refractivity contribution in [1.82, 2.24) is 9.88 Å². The molecular weight excluding hydrogens is 328 g/mol. The number of rotatable bonds is 7. The quantitative estimate of drug-likeness (QED) is 0.700. The second-order valence-corrected chi connectivity index (χ2v) is 8.31. The van der Waals surface area contributed by atoms with Crippen molar-refractivity contribution < 1.29 is 14.2 Å². The summed E-state index contributed by atoms with van der Waals surface area (Å²) in [4.78, 5) is 6.58. The van der Waals surface area contributed by atoms with Crippen LogP contribution < -0.4 is 0 Å². The summed E-state index contributed by atoms with van der Waals surface area (Å²) in [7, 11) is 0. The van der Waals surface area contributed by atoms with Crippen LogP contribution in [0.25, 0.3) is 0 Å². The highest BCUT2D eigenvalue weighted by Crippen LogP contribution is 2.38. The predicted octanol–water partition coefficient (Wildman–Crippen LogP) is 2.90. The third kappa shape index (κ3) is 4.83. The third-order valence-corrected chi connectivity index (χ3v) is 6.14. The standard InChI is InChI=1S/C21H32N2O3/c1-7-22-8-2-19(1)14-23-16-21(17-23)13-18(6-12-26-21)3-11-25-15-20-4-9-24-10-5-20/h1-2,7-8,18,20H,3-6,9-17H2/t18-/m0/s1. The molecule has 0 saturated carbocycles. The topological polar surface area (TPSA) is 43.8 Å². The fourth-order valence-electron chi connectivity index (χ4n) is 4.64. The summed E-state index contributed by atoms with van der Waals surface area (Å²) in [6.45, 7) is 7.68. The van der Waals surface area contributed by atoms with Crippen molar-refractivity contribution in [2.75, 3.05) is 46.1 Å². The molecular formula is C21H32N2O3. The van der Waals surface area contributed by atoms with Gasteiger partial charge in [0, 0.05) is 65.1 Å². The maximum atomic E-state index is 6.19. The molecule has 5 nitrogen and oxygen atoms in total. The summed E-state index contributed by atoms with van der Waals surface area (Å²) in [5.74, 6) is 1.46. The van der Waals surface area contributed by atoms with E-state index in [0.29, 0.717) is 5.92 Å². The zero-order chi connectivity index (χ0) is 17.7. The highest BCUT2D eigenvalue weighted by molar-refractivity contribution is 5.12. The van der Waals surface area contributed by atoms with E-state index in [4.69, 9.17) is 14.2 Å². The minimum Gasteiger partial charge on any atom is -0.381 e. The molecule has 26 heavy (non-hydrogen) atoms. The lowest BCUT2D eigenvalue weighted by Crippen LogP contribution is -2.64. The monoisotopic (exact) mass is 360 g/mol. The maximum absolute atomic E-state index is 6.19. The van der Waals surface area contributed by atoms with Crippen LogP contribution in [0.2, 0.25) is 0 Å². The van der Waals surface area contributed by atoms with Crippen molar-refractivity contribution in [2.24, 2.45) is 11.8 Å². The molecule has 3 aliphatic rings. The number of likely N-dealkylation sites (tertiary alicyclic amines) is 1. The number of ether oxygens (including phenoxy) is 3. The van der Waals surface area contributed by atoms with Crippen LogP contribution in [0, 0.1) is 11.8 Å². The molecule has 0 radical (unpaired) electrons. The molecule has 3 saturated heterocycles. The normalized spacial score (nSPS) is 26.7. The van der Waals surface area contributed by atoms with Crippen molar-refractivity contribution in [1.29, 1.82) is 0 Å². The van der Waals surface area contributed by atoms with Gasteiger partial charge in [0.2, 0.25) is 0 Å². The predicted molar refractivity (Wildman–Crippen MR) is 99.9 cm³/mol. The molecule has 144 valence electrons. The fraction of sp³-hybridized carbons (Fsp3) is 0.762. The molecule has 1 spiro atoms. The van der Waals surface area contributed by atoms with Crippen LogP contribution in [0.5, 0.6) is 0 Å². The second-order valence-electron chi connectivity index (χ2n) is 8.31. The van der Waals surface area contributed by atoms with E-state index in [-0.39, 0.29) is 5.60 Å². The molecule has 0 N–H and O–H groups in total. The van der Waals surface area contributed by atoms with Gasteiger partial charge in [-0.1, -0.05) is 0 Å². The van der Waals surface area contributed by atoms with E-state index in [9.17, 15) is 0 Å². The first-order valence-corrected chi connectivity index (χ1v) is 10.2. The Morgan fingerprint density at radius 1 is 1.08 bits per heavy atom. The second kappa shape index (κ2) is 8.79. The minimum absolute atomic E-state index is 0.108. The molecule has 0 aliphatic carbocycles. The molecule has 3 fully saturated rings. The van der Waals surface area contributed by atoms with Gasteiger partial charge in [0.05, 0.1) is 5.60 Å². The van der Waals surface area contributed by atoms with E-state index in [2.05, 4.69) is 22.0 Å². The van der Waals surface area contributed by atoms with Crippen molar-refractivity contribution in [3.63, 3.8) is 0 Å². The van der Waals surface area contributed by atoms with Crippen LogP contribution in [0.1, 0.15) is 37.7 Å². The molecule has 0 bridgehead atoms. The summed E-state index contributed by atoms with van der Waals surface area (Å²) in [6, 6.07) is 4.20. The van der Waals surface area contributed by atoms with Gasteiger partial charge < -0.3 is 14.2 Å². The first kappa shape index (κ1) is 18.4. The fourth-order valence-corrected chi connectivity index (χ4v) is 4.64. The lowest BCUT2D eigenvalue weighted by Gasteiger charge is -2.53. The Labute approximate surface area is 157 Å². The minimum atomic E-state index is 0.108. The summed E-state index contributed by atoms with van der Waals surface area (Å²) < 4.78 is 17.6. The van der Waals surface area contributed by atoms with Gasteiger partial charge >= 0.3 is 0 Å². The first-order valence-electron chi connectivity index (χ1n) is 10.2. The van der Waals surface area contributed by atoms with Gasteiger partial charge in [-0.2, -0.15) is 0 Å². The number of aromatic nitrogens is 1. The van der Waals surface area contributed by atoms with Crippen LogP contribution in [-0.2, 0) is 20.8 Å². The largest absolute Gasteiger partial charge is 0.381 e. The molecule has 1 atom stereocenters. The Morgan fingerprint density at radius 3 is 2.65 bits per heavy atom. The molecule has 5 heteroatoms. The van der Waals surface area contributed by atoms with E-state index in [1.807, 2.05) is 12.4 Å². The van der Waals surface area contributed by atoms with Crippen LogP contribution in [0.3, 0.4) is 0 Å². The van der Waals surface area contributed by atoms with Crippen LogP contribution in [0.15, 0.2) is 24.5 Å². The van der Waals surface area contributed by atoms with Crippen molar-refractivity contribution in [3.8, 4) is 0 Å². The van der Waals surface area contributed by atoms with Gasteiger partial charge in [-0.15, -0.1) is 0 Å². The first-order chi connectivity index (χ1) is 12.8. The number of pyridine rings is 1. The number of hydrogen-bond acceptors (Lipinski definition) is 5. The van der Waals surface area contributed by atoms with E-state index < -0.39 is 0 Å². The molecule has 1 aromatic rings. The SMILES string of the molecule is c1cc(CN2CC3(C[C@@H](CCOCC4CCOCC4)CCO3)C2)ccn1. The molecule has 0 aromatic carbocycles. The van der Waals surface area contributed by atoms with E-state index in [1.54, 1.807) is 0 Å². The van der Waals surface area contributed by atoms with Crippen molar-refractivity contribution in [3.05, 3.63) is 30.1 Å². The zero-order valence-corrected chi connectivity index (χ0v) is 15.8. The van der Waals surface area contributed by atoms with Gasteiger partial charge in [-0.05, 0) is 61.6 Å². The molecule has 0 amide bonds. The lowest BCUT2D eigenvalue weighted by atomic mass is 9.79. The maximum Gasteiger partial charge on any atom is 0.0937 e. The number of hydrogen-bond donors (Lipinski definition) is 0. The molecule has 3 aliphatic heterocycles. The molecule has 0 unspecified atom stereocenters. The Morgan fingerprint density at radius 2 is 1.85 bits per heavy atom. The smallest absolute Gasteiger partial charge is 0.0937 e. The highest BCUT2D eigenvalue weighted by Gasteiger charge is 2.47. The van der Waals surface area contributed by atoms with Gasteiger partial charge in [-0.25, -0.2) is 0 Å². The Bertz CT molecular complexity index is 541. The molecule has 4 heterocycles. The van der Waals surface area contributed by atoms with Crippen LogP contribution in [-0.4, -0.2) is 61.6 Å². The Kier molecular flexibility index (Phi) is 6.20. The van der Waals surface area contributed by atoms with Crippen LogP contribution >= 0.6 is 0 Å². The van der Waals surface area contributed by atoms with Crippen molar-refractivity contribution >= 4 is 0 Å². The summed E-state index contributed by atoms with van der Waals surface area (Å²) >= 11 is 0. The van der Waals surface area contributed by atoms with Crippen LogP contribution in [0.4, 0.5) is 0 Å². The zero-order valence-electron chi connectivity index (χ0n) is 15.8. The van der Waals surface area contributed by atoms with E-state index in [1.165, 1.54) is 24.8 Å². The summed E-state index contributed by atoms with van der Waals surface area (Å²) in [5, 5.41) is 0. The highest BCUT2D eigenvalue weighted by atomic mass is 16.5. The van der Waals surface area contributed by atoms with E-state index >= 15 is 0 Å². The molecule has 1 aromatic heterocycles.